The molecule has 0 unspecified atom stereocenters. The first-order valence-electron chi connectivity index (χ1n) is 6.29. The number of halogens is 1. The standard InChI is InChI=1S/C14H16BrN3O2/c1-3-20-14(19)10-4-5-13(12(15)8-10)16-9-11-6-7-17-18(11)2/h4-8,16H,3,9H2,1-2H3. The fraction of sp³-hybridized carbons (Fsp3) is 0.286. The number of nitrogens with zero attached hydrogens (tertiary/aromatic N) is 2. The molecule has 5 nitrogen and oxygen atoms in total. The van der Waals surface area contributed by atoms with Crippen molar-refractivity contribution in [3.05, 3.63) is 46.2 Å². The highest BCUT2D eigenvalue weighted by Gasteiger charge is 2.09. The summed E-state index contributed by atoms with van der Waals surface area (Å²) in [6.45, 7) is 2.82. The van der Waals surface area contributed by atoms with E-state index in [1.54, 1.807) is 25.3 Å². The third-order valence-corrected chi connectivity index (χ3v) is 3.52. The number of carbonyl (C=O) groups excluding carboxylic acids is 1. The van der Waals surface area contributed by atoms with Crippen LogP contribution in [0.15, 0.2) is 34.9 Å². The number of hydrogen-bond donors (Lipinski definition) is 1. The fourth-order valence-corrected chi connectivity index (χ4v) is 2.28. The van der Waals surface area contributed by atoms with E-state index in [4.69, 9.17) is 4.74 Å². The lowest BCUT2D eigenvalue weighted by Crippen LogP contribution is -2.07. The predicted octanol–water partition coefficient (Wildman–Crippen LogP) is 2.97. The van der Waals surface area contributed by atoms with E-state index in [9.17, 15) is 4.79 Å². The molecule has 1 aromatic carbocycles. The highest BCUT2D eigenvalue weighted by atomic mass is 79.9. The van der Waals surface area contributed by atoms with Crippen LogP contribution in [0.1, 0.15) is 23.0 Å². The number of aryl methyl sites for hydroxylation is 1. The second-order valence-corrected chi connectivity index (χ2v) is 5.07. The van der Waals surface area contributed by atoms with Crippen LogP contribution in [0.25, 0.3) is 0 Å². The number of benzene rings is 1. The molecule has 0 fully saturated rings. The number of aromatic nitrogens is 2. The van der Waals surface area contributed by atoms with Crippen molar-refractivity contribution in [3.63, 3.8) is 0 Å². The molecule has 2 aromatic rings. The Morgan fingerprint density at radius 3 is 2.85 bits per heavy atom. The Morgan fingerprint density at radius 2 is 2.25 bits per heavy atom. The molecule has 2 rings (SSSR count). The first-order chi connectivity index (χ1) is 9.61. The average molecular weight is 338 g/mol. The van der Waals surface area contributed by atoms with Crippen molar-refractivity contribution in [2.45, 2.75) is 13.5 Å². The van der Waals surface area contributed by atoms with Crippen molar-refractivity contribution < 1.29 is 9.53 Å². The average Bonchev–Trinajstić information content (AvgIpc) is 2.83. The third kappa shape index (κ3) is 3.39. The molecule has 0 radical (unpaired) electrons. The summed E-state index contributed by atoms with van der Waals surface area (Å²) in [5.41, 5.74) is 2.52. The number of anilines is 1. The van der Waals surface area contributed by atoms with Gasteiger partial charge in [0.25, 0.3) is 0 Å². The molecule has 0 amide bonds. The third-order valence-electron chi connectivity index (χ3n) is 2.86. The van der Waals surface area contributed by atoms with Gasteiger partial charge in [-0.15, -0.1) is 0 Å². The molecule has 20 heavy (non-hydrogen) atoms. The zero-order chi connectivity index (χ0) is 14.5. The van der Waals surface area contributed by atoms with Gasteiger partial charge in [-0.1, -0.05) is 0 Å². The summed E-state index contributed by atoms with van der Waals surface area (Å²) in [4.78, 5) is 11.6. The Bertz CT molecular complexity index is 610. The molecule has 0 saturated heterocycles. The minimum Gasteiger partial charge on any atom is -0.462 e. The van der Waals surface area contributed by atoms with E-state index >= 15 is 0 Å². The summed E-state index contributed by atoms with van der Waals surface area (Å²) in [6.07, 6.45) is 1.76. The number of carbonyl (C=O) groups is 1. The van der Waals surface area contributed by atoms with Crippen molar-refractivity contribution in [2.75, 3.05) is 11.9 Å². The highest BCUT2D eigenvalue weighted by Crippen LogP contribution is 2.24. The first kappa shape index (κ1) is 14.6. The molecule has 1 heterocycles. The van der Waals surface area contributed by atoms with Gasteiger partial charge in [0.1, 0.15) is 0 Å². The van der Waals surface area contributed by atoms with E-state index in [-0.39, 0.29) is 5.97 Å². The zero-order valence-corrected chi connectivity index (χ0v) is 13.0. The van der Waals surface area contributed by atoms with E-state index in [0.29, 0.717) is 18.7 Å². The Morgan fingerprint density at radius 1 is 1.45 bits per heavy atom. The van der Waals surface area contributed by atoms with Gasteiger partial charge in [-0.2, -0.15) is 5.10 Å². The molecule has 6 heteroatoms. The summed E-state index contributed by atoms with van der Waals surface area (Å²) < 4.78 is 7.60. The van der Waals surface area contributed by atoms with Crippen LogP contribution in [0.4, 0.5) is 5.69 Å². The van der Waals surface area contributed by atoms with E-state index in [2.05, 4.69) is 26.3 Å². The molecule has 0 atom stereocenters. The van der Waals surface area contributed by atoms with Crippen molar-refractivity contribution in [1.29, 1.82) is 0 Å². The second-order valence-electron chi connectivity index (χ2n) is 4.21. The van der Waals surface area contributed by atoms with Crippen molar-refractivity contribution >= 4 is 27.6 Å². The lowest BCUT2D eigenvalue weighted by atomic mass is 10.2. The minimum atomic E-state index is -0.314. The van der Waals surface area contributed by atoms with Gasteiger partial charge in [0.15, 0.2) is 0 Å². The molecule has 0 spiro atoms. The quantitative estimate of drug-likeness (QED) is 0.852. The van der Waals surface area contributed by atoms with Crippen molar-refractivity contribution in [3.8, 4) is 0 Å². The zero-order valence-electron chi connectivity index (χ0n) is 11.4. The predicted molar refractivity (Wildman–Crippen MR) is 80.6 cm³/mol. The number of esters is 1. The van der Waals surface area contributed by atoms with E-state index in [1.807, 2.05) is 23.9 Å². The summed E-state index contributed by atoms with van der Waals surface area (Å²) in [7, 11) is 1.90. The van der Waals surface area contributed by atoms with Gasteiger partial charge in [-0.25, -0.2) is 4.79 Å². The van der Waals surface area contributed by atoms with Crippen LogP contribution in [-0.2, 0) is 18.3 Å². The van der Waals surface area contributed by atoms with Gasteiger partial charge in [0, 0.05) is 23.4 Å². The molecule has 0 aliphatic heterocycles. The van der Waals surface area contributed by atoms with Crippen LogP contribution in [0.5, 0.6) is 0 Å². The second kappa shape index (κ2) is 6.56. The number of ether oxygens (including phenoxy) is 1. The Labute approximate surface area is 126 Å². The van der Waals surface area contributed by atoms with Crippen LogP contribution >= 0.6 is 15.9 Å². The first-order valence-corrected chi connectivity index (χ1v) is 7.08. The van der Waals surface area contributed by atoms with Crippen molar-refractivity contribution in [2.24, 2.45) is 7.05 Å². The van der Waals surface area contributed by atoms with Gasteiger partial charge in [-0.3, -0.25) is 4.68 Å². The van der Waals surface area contributed by atoms with Gasteiger partial charge < -0.3 is 10.1 Å². The molecule has 0 bridgehead atoms. The van der Waals surface area contributed by atoms with E-state index in [1.165, 1.54) is 0 Å². The molecule has 0 aliphatic carbocycles. The smallest absolute Gasteiger partial charge is 0.338 e. The number of rotatable bonds is 5. The van der Waals surface area contributed by atoms with Gasteiger partial charge in [0.05, 0.1) is 24.4 Å². The van der Waals surface area contributed by atoms with Gasteiger partial charge >= 0.3 is 5.97 Å². The number of hydrogen-bond acceptors (Lipinski definition) is 4. The molecule has 106 valence electrons. The Hall–Kier alpha value is -1.82. The minimum absolute atomic E-state index is 0.314. The topological polar surface area (TPSA) is 56.1 Å². The Balaban J connectivity index is 2.06. The molecular weight excluding hydrogens is 322 g/mol. The fourth-order valence-electron chi connectivity index (χ4n) is 1.76. The number of nitrogens with one attached hydrogen (secondary N) is 1. The monoisotopic (exact) mass is 337 g/mol. The SMILES string of the molecule is CCOC(=O)c1ccc(NCc2ccnn2C)c(Br)c1. The maximum atomic E-state index is 11.6. The largest absolute Gasteiger partial charge is 0.462 e. The molecule has 1 aromatic heterocycles. The van der Waals surface area contributed by atoms with Crippen LogP contribution in [-0.4, -0.2) is 22.4 Å². The normalized spacial score (nSPS) is 10.3. The van der Waals surface area contributed by atoms with Crippen LogP contribution in [0.3, 0.4) is 0 Å². The van der Waals surface area contributed by atoms with Gasteiger partial charge in [0.2, 0.25) is 0 Å². The van der Waals surface area contributed by atoms with Crippen LogP contribution in [0, 0.1) is 0 Å². The van der Waals surface area contributed by atoms with E-state index in [0.717, 1.165) is 15.9 Å². The highest BCUT2D eigenvalue weighted by molar-refractivity contribution is 9.10. The van der Waals surface area contributed by atoms with Crippen LogP contribution < -0.4 is 5.32 Å². The summed E-state index contributed by atoms with van der Waals surface area (Å²) >= 11 is 3.46. The van der Waals surface area contributed by atoms with Crippen molar-refractivity contribution in [1.82, 2.24) is 9.78 Å². The molecule has 1 N–H and O–H groups in total. The molecule has 0 aliphatic rings. The summed E-state index contributed by atoms with van der Waals surface area (Å²) in [5.74, 6) is -0.314. The van der Waals surface area contributed by atoms with Gasteiger partial charge in [-0.05, 0) is 47.1 Å². The summed E-state index contributed by atoms with van der Waals surface area (Å²) in [5, 5.41) is 7.41. The van der Waals surface area contributed by atoms with E-state index < -0.39 is 0 Å². The molecular formula is C14H16BrN3O2. The maximum absolute atomic E-state index is 11.6. The summed E-state index contributed by atoms with van der Waals surface area (Å²) in [6, 6.07) is 7.30. The lowest BCUT2D eigenvalue weighted by molar-refractivity contribution is 0.0526. The lowest BCUT2D eigenvalue weighted by Gasteiger charge is -2.10. The Kier molecular flexibility index (Phi) is 4.79. The maximum Gasteiger partial charge on any atom is 0.338 e. The molecule has 0 saturated carbocycles. The van der Waals surface area contributed by atoms with Crippen LogP contribution in [0.2, 0.25) is 0 Å².